The molecule has 1 aliphatic carbocycles. The van der Waals surface area contributed by atoms with Gasteiger partial charge in [0.25, 0.3) is 0 Å². The summed E-state index contributed by atoms with van der Waals surface area (Å²) in [5.74, 6) is 1.73. The van der Waals surface area contributed by atoms with Crippen LogP contribution in [-0.4, -0.2) is 36.1 Å². The lowest BCUT2D eigenvalue weighted by atomic mass is 9.86. The maximum atomic E-state index is 12.7. The van der Waals surface area contributed by atoms with E-state index in [0.717, 1.165) is 54.4 Å². The Bertz CT molecular complexity index is 833. The van der Waals surface area contributed by atoms with E-state index < -0.39 is 0 Å². The molecule has 1 amide bonds. The van der Waals surface area contributed by atoms with Crippen LogP contribution < -0.4 is 15.0 Å². The third kappa shape index (κ3) is 4.11. The Morgan fingerprint density at radius 2 is 2.07 bits per heavy atom. The zero-order valence-corrected chi connectivity index (χ0v) is 16.5. The second-order valence-corrected chi connectivity index (χ2v) is 7.66. The fraction of sp³-hybridized carbons (Fsp3) is 0.500. The number of rotatable bonds is 5. The van der Waals surface area contributed by atoms with E-state index in [0.29, 0.717) is 13.0 Å². The molecule has 148 valence electrons. The molecule has 4 rings (SSSR count). The minimum atomic E-state index is -0.0216. The highest BCUT2D eigenvalue weighted by Crippen LogP contribution is 2.26. The van der Waals surface area contributed by atoms with Gasteiger partial charge in [-0.25, -0.2) is 9.97 Å². The van der Waals surface area contributed by atoms with Crippen LogP contribution in [0, 0.1) is 5.92 Å². The lowest BCUT2D eigenvalue weighted by Crippen LogP contribution is -2.35. The number of amides is 1. The highest BCUT2D eigenvalue weighted by atomic mass is 16.5. The topological polar surface area (TPSA) is 67.3 Å². The van der Waals surface area contributed by atoms with Crippen molar-refractivity contribution >= 4 is 11.9 Å². The summed E-state index contributed by atoms with van der Waals surface area (Å²) in [6.07, 6.45) is 8.06. The number of para-hydroxylation sites is 1. The summed E-state index contributed by atoms with van der Waals surface area (Å²) < 4.78 is 5.36. The number of benzene rings is 1. The molecule has 6 heteroatoms. The zero-order valence-electron chi connectivity index (χ0n) is 16.5. The molecular weight excluding hydrogens is 352 g/mol. The number of nitrogens with zero attached hydrogens (tertiary/aromatic N) is 3. The molecule has 0 radical (unpaired) electrons. The van der Waals surface area contributed by atoms with Gasteiger partial charge in [0.2, 0.25) is 11.9 Å². The van der Waals surface area contributed by atoms with Crippen LogP contribution in [0.15, 0.2) is 30.5 Å². The van der Waals surface area contributed by atoms with Gasteiger partial charge in [0.1, 0.15) is 5.75 Å². The maximum absolute atomic E-state index is 12.7. The molecule has 28 heavy (non-hydrogen) atoms. The lowest BCUT2D eigenvalue weighted by Gasteiger charge is -2.28. The summed E-state index contributed by atoms with van der Waals surface area (Å²) in [5, 5.41) is 3.07. The second-order valence-electron chi connectivity index (χ2n) is 7.66. The molecule has 0 saturated carbocycles. The van der Waals surface area contributed by atoms with Crippen LogP contribution in [0.25, 0.3) is 0 Å². The Hall–Kier alpha value is -2.63. The number of aromatic nitrogens is 2. The summed E-state index contributed by atoms with van der Waals surface area (Å²) in [5.41, 5.74) is 3.22. The van der Waals surface area contributed by atoms with E-state index in [2.05, 4.69) is 15.2 Å². The molecule has 1 N–H and O–H groups in total. The van der Waals surface area contributed by atoms with Crippen LogP contribution in [0.1, 0.15) is 42.5 Å². The van der Waals surface area contributed by atoms with Gasteiger partial charge in [-0.05, 0) is 50.2 Å². The molecule has 2 aliphatic rings. The minimum Gasteiger partial charge on any atom is -0.496 e. The van der Waals surface area contributed by atoms with E-state index in [9.17, 15) is 4.79 Å². The largest absolute Gasteiger partial charge is 0.496 e. The average molecular weight is 380 g/mol. The third-order valence-corrected chi connectivity index (χ3v) is 5.79. The van der Waals surface area contributed by atoms with Crippen molar-refractivity contribution in [3.8, 4) is 5.75 Å². The van der Waals surface area contributed by atoms with E-state index in [-0.39, 0.29) is 11.8 Å². The molecule has 1 saturated heterocycles. The highest BCUT2D eigenvalue weighted by Gasteiger charge is 2.27. The summed E-state index contributed by atoms with van der Waals surface area (Å²) in [4.78, 5) is 24.4. The smallest absolute Gasteiger partial charge is 0.225 e. The van der Waals surface area contributed by atoms with Gasteiger partial charge in [-0.15, -0.1) is 0 Å². The molecular formula is C22H28N4O2. The second kappa shape index (κ2) is 8.59. The number of ether oxygens (including phenoxy) is 1. The minimum absolute atomic E-state index is 0.0216. The van der Waals surface area contributed by atoms with Gasteiger partial charge in [0.05, 0.1) is 7.11 Å². The van der Waals surface area contributed by atoms with E-state index >= 15 is 0 Å². The predicted octanol–water partition coefficient (Wildman–Crippen LogP) is 2.90. The van der Waals surface area contributed by atoms with Crippen LogP contribution in [0.2, 0.25) is 0 Å². The van der Waals surface area contributed by atoms with E-state index in [1.54, 1.807) is 7.11 Å². The van der Waals surface area contributed by atoms with Crippen molar-refractivity contribution in [3.05, 3.63) is 47.3 Å². The molecule has 6 nitrogen and oxygen atoms in total. The Labute approximate surface area is 166 Å². The summed E-state index contributed by atoms with van der Waals surface area (Å²) >= 11 is 0. The molecule has 1 fully saturated rings. The van der Waals surface area contributed by atoms with E-state index in [1.807, 2.05) is 30.5 Å². The third-order valence-electron chi connectivity index (χ3n) is 5.79. The number of carbonyl (C=O) groups excluding carboxylic acids is 1. The van der Waals surface area contributed by atoms with Crippen LogP contribution >= 0.6 is 0 Å². The monoisotopic (exact) mass is 380 g/mol. The average Bonchev–Trinajstić information content (AvgIpc) is 2.77. The van der Waals surface area contributed by atoms with Crippen molar-refractivity contribution in [2.45, 2.75) is 45.1 Å². The Kier molecular flexibility index (Phi) is 5.74. The molecule has 1 atom stereocenters. The first-order valence-electron chi connectivity index (χ1n) is 10.2. The van der Waals surface area contributed by atoms with Crippen LogP contribution in [0.4, 0.5) is 5.95 Å². The van der Waals surface area contributed by atoms with Gasteiger partial charge in [-0.2, -0.15) is 0 Å². The number of anilines is 1. The Morgan fingerprint density at radius 3 is 2.89 bits per heavy atom. The van der Waals surface area contributed by atoms with E-state index in [1.165, 1.54) is 19.3 Å². The first kappa shape index (κ1) is 18.7. The van der Waals surface area contributed by atoms with Crippen LogP contribution in [0.5, 0.6) is 5.75 Å². The van der Waals surface area contributed by atoms with Gasteiger partial charge in [-0.3, -0.25) is 4.79 Å². The fourth-order valence-electron chi connectivity index (χ4n) is 4.14. The summed E-state index contributed by atoms with van der Waals surface area (Å²) in [7, 11) is 1.65. The molecule has 1 unspecified atom stereocenters. The van der Waals surface area contributed by atoms with Crippen molar-refractivity contribution < 1.29 is 9.53 Å². The molecule has 2 heterocycles. The normalized spacial score (nSPS) is 19.0. The van der Waals surface area contributed by atoms with Gasteiger partial charge in [-0.1, -0.05) is 18.2 Å². The fourth-order valence-corrected chi connectivity index (χ4v) is 4.14. The first-order chi connectivity index (χ1) is 13.7. The molecule has 0 bridgehead atoms. The molecule has 1 aromatic heterocycles. The summed E-state index contributed by atoms with van der Waals surface area (Å²) in [6.45, 7) is 2.58. The number of piperidine rings is 1. The Morgan fingerprint density at radius 1 is 1.25 bits per heavy atom. The van der Waals surface area contributed by atoms with Gasteiger partial charge in [0, 0.05) is 43.0 Å². The van der Waals surface area contributed by atoms with Crippen molar-refractivity contribution in [2.75, 3.05) is 25.1 Å². The van der Waals surface area contributed by atoms with Crippen LogP contribution in [-0.2, 0) is 24.2 Å². The van der Waals surface area contributed by atoms with E-state index in [4.69, 9.17) is 9.72 Å². The Balaban J connectivity index is 1.37. The number of fused-ring (bicyclic) bond motifs is 1. The van der Waals surface area contributed by atoms with Crippen molar-refractivity contribution in [1.82, 2.24) is 15.3 Å². The molecule has 2 aromatic rings. The van der Waals surface area contributed by atoms with Crippen molar-refractivity contribution in [1.29, 1.82) is 0 Å². The first-order valence-corrected chi connectivity index (χ1v) is 10.2. The zero-order chi connectivity index (χ0) is 19.3. The standard InChI is InChI=1S/C22H28N4O2/c1-28-20-8-4-3-7-17(20)14-23-21(27)16-9-10-19-18(13-16)15-24-22(25-19)26-11-5-2-6-12-26/h3-4,7-8,15-16H,2,5-6,9-14H2,1H3,(H,23,27). The van der Waals surface area contributed by atoms with Crippen molar-refractivity contribution in [2.24, 2.45) is 5.92 Å². The van der Waals surface area contributed by atoms with Crippen LogP contribution in [0.3, 0.4) is 0 Å². The number of hydrogen-bond donors (Lipinski definition) is 1. The number of nitrogens with one attached hydrogen (secondary N) is 1. The lowest BCUT2D eigenvalue weighted by molar-refractivity contribution is -0.125. The van der Waals surface area contributed by atoms with Gasteiger partial charge < -0.3 is 15.0 Å². The number of carbonyl (C=O) groups is 1. The summed E-state index contributed by atoms with van der Waals surface area (Å²) in [6, 6.07) is 7.78. The maximum Gasteiger partial charge on any atom is 0.225 e. The number of aryl methyl sites for hydroxylation is 1. The SMILES string of the molecule is COc1ccccc1CNC(=O)C1CCc2nc(N3CCCCC3)ncc2C1. The predicted molar refractivity (Wildman–Crippen MR) is 108 cm³/mol. The molecule has 1 aromatic carbocycles. The van der Waals surface area contributed by atoms with Gasteiger partial charge in [0.15, 0.2) is 0 Å². The van der Waals surface area contributed by atoms with Gasteiger partial charge >= 0.3 is 0 Å². The number of methoxy groups -OCH3 is 1. The molecule has 1 aliphatic heterocycles. The quantitative estimate of drug-likeness (QED) is 0.864. The highest BCUT2D eigenvalue weighted by molar-refractivity contribution is 5.79. The van der Waals surface area contributed by atoms with Crippen molar-refractivity contribution in [3.63, 3.8) is 0 Å². The molecule has 0 spiro atoms. The number of hydrogen-bond acceptors (Lipinski definition) is 5.